The fourth-order valence-corrected chi connectivity index (χ4v) is 1.92. The molecule has 4 nitrogen and oxygen atoms in total. The van der Waals surface area contributed by atoms with Crippen LogP contribution >= 0.6 is 11.3 Å². The van der Waals surface area contributed by atoms with Crippen molar-refractivity contribution in [3.63, 3.8) is 0 Å². The first kappa shape index (κ1) is 8.37. The topological polar surface area (TPSA) is 43.6 Å². The SMILES string of the molecule is CCn1cnnc1-c1cnc(C)s1. The van der Waals surface area contributed by atoms with Gasteiger partial charge in [0, 0.05) is 12.7 Å². The van der Waals surface area contributed by atoms with Crippen molar-refractivity contribution in [2.75, 3.05) is 0 Å². The van der Waals surface area contributed by atoms with E-state index in [0.717, 1.165) is 22.3 Å². The minimum atomic E-state index is 0.888. The Morgan fingerprint density at radius 1 is 1.54 bits per heavy atom. The summed E-state index contributed by atoms with van der Waals surface area (Å²) in [6.45, 7) is 4.95. The van der Waals surface area contributed by atoms with E-state index in [4.69, 9.17) is 0 Å². The second-order valence-corrected chi connectivity index (χ2v) is 3.92. The van der Waals surface area contributed by atoms with Crippen LogP contribution in [0.25, 0.3) is 10.7 Å². The molecule has 0 radical (unpaired) electrons. The van der Waals surface area contributed by atoms with Gasteiger partial charge in [-0.3, -0.25) is 0 Å². The fourth-order valence-electron chi connectivity index (χ4n) is 1.14. The van der Waals surface area contributed by atoms with Crippen LogP contribution in [0.3, 0.4) is 0 Å². The predicted octanol–water partition coefficient (Wildman–Crippen LogP) is 1.73. The van der Waals surface area contributed by atoms with Crippen molar-refractivity contribution in [3.8, 4) is 10.7 Å². The normalized spacial score (nSPS) is 10.6. The Morgan fingerprint density at radius 3 is 3.00 bits per heavy atom. The van der Waals surface area contributed by atoms with Gasteiger partial charge in [0.25, 0.3) is 0 Å². The molecular formula is C8H10N4S. The molecule has 0 fully saturated rings. The molecule has 0 saturated carbocycles. The van der Waals surface area contributed by atoms with E-state index < -0.39 is 0 Å². The van der Waals surface area contributed by atoms with Crippen molar-refractivity contribution < 1.29 is 0 Å². The predicted molar refractivity (Wildman–Crippen MR) is 51.5 cm³/mol. The van der Waals surface area contributed by atoms with Gasteiger partial charge in [0.05, 0.1) is 9.88 Å². The smallest absolute Gasteiger partial charge is 0.175 e. The Morgan fingerprint density at radius 2 is 2.38 bits per heavy atom. The molecule has 0 unspecified atom stereocenters. The van der Waals surface area contributed by atoms with Crippen LogP contribution in [0.2, 0.25) is 0 Å². The maximum Gasteiger partial charge on any atom is 0.175 e. The second-order valence-electron chi connectivity index (χ2n) is 2.68. The molecule has 0 N–H and O–H groups in total. The Balaban J connectivity index is 2.45. The lowest BCUT2D eigenvalue weighted by Gasteiger charge is -1.97. The monoisotopic (exact) mass is 194 g/mol. The molecular weight excluding hydrogens is 184 g/mol. The van der Waals surface area contributed by atoms with Gasteiger partial charge in [0.15, 0.2) is 5.82 Å². The van der Waals surface area contributed by atoms with E-state index in [1.54, 1.807) is 17.7 Å². The third-order valence-electron chi connectivity index (χ3n) is 1.80. The fraction of sp³-hybridized carbons (Fsp3) is 0.375. The van der Waals surface area contributed by atoms with E-state index in [2.05, 4.69) is 22.1 Å². The van der Waals surface area contributed by atoms with Crippen LogP contribution in [0.5, 0.6) is 0 Å². The summed E-state index contributed by atoms with van der Waals surface area (Å²) < 4.78 is 2.01. The zero-order valence-electron chi connectivity index (χ0n) is 7.56. The molecule has 0 bridgehead atoms. The third-order valence-corrected chi connectivity index (χ3v) is 2.71. The van der Waals surface area contributed by atoms with Crippen molar-refractivity contribution >= 4 is 11.3 Å². The maximum absolute atomic E-state index is 4.19. The van der Waals surface area contributed by atoms with E-state index >= 15 is 0 Å². The summed E-state index contributed by atoms with van der Waals surface area (Å²) in [4.78, 5) is 5.27. The third kappa shape index (κ3) is 1.47. The quantitative estimate of drug-likeness (QED) is 0.731. The van der Waals surface area contributed by atoms with Crippen LogP contribution in [-0.2, 0) is 6.54 Å². The number of thiazole rings is 1. The molecule has 0 aromatic carbocycles. The number of aromatic nitrogens is 4. The van der Waals surface area contributed by atoms with Crippen LogP contribution in [0.4, 0.5) is 0 Å². The van der Waals surface area contributed by atoms with Crippen LogP contribution < -0.4 is 0 Å². The lowest BCUT2D eigenvalue weighted by atomic mass is 10.5. The van der Waals surface area contributed by atoms with E-state index in [0.29, 0.717) is 0 Å². The lowest BCUT2D eigenvalue weighted by molar-refractivity contribution is 0.768. The largest absolute Gasteiger partial charge is 0.313 e. The zero-order chi connectivity index (χ0) is 9.26. The van der Waals surface area contributed by atoms with Crippen molar-refractivity contribution in [1.82, 2.24) is 19.7 Å². The highest BCUT2D eigenvalue weighted by Gasteiger charge is 2.08. The Labute approximate surface area is 80.3 Å². The second kappa shape index (κ2) is 3.26. The van der Waals surface area contributed by atoms with E-state index in [1.165, 1.54) is 0 Å². The van der Waals surface area contributed by atoms with Crippen molar-refractivity contribution in [2.24, 2.45) is 0 Å². The summed E-state index contributed by atoms with van der Waals surface area (Å²) in [7, 11) is 0. The van der Waals surface area contributed by atoms with Crippen LogP contribution in [0, 0.1) is 6.92 Å². The molecule has 2 rings (SSSR count). The summed E-state index contributed by atoms with van der Waals surface area (Å²) >= 11 is 1.64. The van der Waals surface area contributed by atoms with Crippen molar-refractivity contribution in [2.45, 2.75) is 20.4 Å². The van der Waals surface area contributed by atoms with Gasteiger partial charge in [0.2, 0.25) is 0 Å². The molecule has 0 atom stereocenters. The summed E-state index contributed by atoms with van der Waals surface area (Å²) in [5, 5.41) is 8.98. The first-order chi connectivity index (χ1) is 6.31. The molecule has 5 heteroatoms. The molecule has 0 amide bonds. The summed E-state index contributed by atoms with van der Waals surface area (Å²) in [6.07, 6.45) is 3.58. The molecule has 68 valence electrons. The zero-order valence-corrected chi connectivity index (χ0v) is 8.38. The van der Waals surface area contributed by atoms with Gasteiger partial charge in [0.1, 0.15) is 6.33 Å². The number of nitrogens with zero attached hydrogens (tertiary/aromatic N) is 4. The highest BCUT2D eigenvalue weighted by molar-refractivity contribution is 7.14. The highest BCUT2D eigenvalue weighted by atomic mass is 32.1. The molecule has 2 aromatic heterocycles. The molecule has 2 heterocycles. The van der Waals surface area contributed by atoms with Crippen molar-refractivity contribution in [3.05, 3.63) is 17.5 Å². The van der Waals surface area contributed by atoms with Gasteiger partial charge >= 0.3 is 0 Å². The molecule has 0 aliphatic carbocycles. The van der Waals surface area contributed by atoms with Gasteiger partial charge in [-0.1, -0.05) is 0 Å². The molecule has 0 spiro atoms. The van der Waals surface area contributed by atoms with Crippen LogP contribution in [-0.4, -0.2) is 19.7 Å². The minimum absolute atomic E-state index is 0.888. The summed E-state index contributed by atoms with van der Waals surface area (Å²) in [5.74, 6) is 0.910. The molecule has 13 heavy (non-hydrogen) atoms. The van der Waals surface area contributed by atoms with Gasteiger partial charge in [-0.15, -0.1) is 21.5 Å². The number of hydrogen-bond donors (Lipinski definition) is 0. The summed E-state index contributed by atoms with van der Waals surface area (Å²) in [5.41, 5.74) is 0. The maximum atomic E-state index is 4.19. The number of aryl methyl sites for hydroxylation is 2. The number of rotatable bonds is 2. The average molecular weight is 194 g/mol. The van der Waals surface area contributed by atoms with E-state index in [-0.39, 0.29) is 0 Å². The number of hydrogen-bond acceptors (Lipinski definition) is 4. The van der Waals surface area contributed by atoms with Crippen molar-refractivity contribution in [1.29, 1.82) is 0 Å². The van der Waals surface area contributed by atoms with E-state index in [1.807, 2.05) is 17.7 Å². The summed E-state index contributed by atoms with van der Waals surface area (Å²) in [6, 6.07) is 0. The Hall–Kier alpha value is -1.23. The first-order valence-electron chi connectivity index (χ1n) is 4.12. The molecule has 0 saturated heterocycles. The molecule has 2 aromatic rings. The lowest BCUT2D eigenvalue weighted by Crippen LogP contribution is -1.94. The van der Waals surface area contributed by atoms with Crippen LogP contribution in [0.15, 0.2) is 12.5 Å². The standard InChI is InChI=1S/C8H10N4S/c1-3-12-5-10-11-8(12)7-4-9-6(2)13-7/h4-5H,3H2,1-2H3. The Kier molecular flexibility index (Phi) is 2.10. The average Bonchev–Trinajstić information content (AvgIpc) is 2.71. The van der Waals surface area contributed by atoms with Gasteiger partial charge in [-0.05, 0) is 13.8 Å². The molecule has 0 aliphatic rings. The van der Waals surface area contributed by atoms with Gasteiger partial charge in [-0.2, -0.15) is 0 Å². The first-order valence-corrected chi connectivity index (χ1v) is 4.93. The van der Waals surface area contributed by atoms with E-state index in [9.17, 15) is 0 Å². The van der Waals surface area contributed by atoms with Crippen LogP contribution in [0.1, 0.15) is 11.9 Å². The Bertz CT molecular complexity index is 404. The minimum Gasteiger partial charge on any atom is -0.313 e. The molecule has 0 aliphatic heterocycles. The van der Waals surface area contributed by atoms with Gasteiger partial charge in [-0.25, -0.2) is 4.98 Å². The van der Waals surface area contributed by atoms with Gasteiger partial charge < -0.3 is 4.57 Å². The highest BCUT2D eigenvalue weighted by Crippen LogP contribution is 2.23.